The molecule has 6 nitrogen and oxygen atoms in total. The highest BCUT2D eigenvalue weighted by Crippen LogP contribution is 2.23. The fraction of sp³-hybridized carbons (Fsp3) is 0.348. The van der Waals surface area contributed by atoms with E-state index in [1.165, 1.54) is 6.92 Å². The molecule has 0 bridgehead atoms. The third-order valence-electron chi connectivity index (χ3n) is 4.56. The Morgan fingerprint density at radius 2 is 1.97 bits per heavy atom. The number of ether oxygens (including phenoxy) is 2. The van der Waals surface area contributed by atoms with Crippen LogP contribution in [0.15, 0.2) is 42.6 Å². The van der Waals surface area contributed by atoms with E-state index >= 15 is 0 Å². The minimum atomic E-state index is -0.0168. The third-order valence-corrected chi connectivity index (χ3v) is 4.56. The zero-order valence-corrected chi connectivity index (χ0v) is 17.1. The van der Waals surface area contributed by atoms with Gasteiger partial charge in [0.25, 0.3) is 0 Å². The smallest absolute Gasteiger partial charge is 0.181 e. The molecule has 0 radical (unpaired) electrons. The summed E-state index contributed by atoms with van der Waals surface area (Å²) in [5.41, 5.74) is 3.07. The number of aryl methyl sites for hydroxylation is 2. The molecule has 0 atom stereocenters. The molecular weight excluding hydrogens is 368 g/mol. The third kappa shape index (κ3) is 5.02. The molecule has 0 N–H and O–H groups in total. The number of carbonyl (C=O) groups is 2. The van der Waals surface area contributed by atoms with Crippen LogP contribution in [0.1, 0.15) is 48.4 Å². The van der Waals surface area contributed by atoms with Crippen LogP contribution in [0.3, 0.4) is 0 Å². The maximum Gasteiger partial charge on any atom is 0.181 e. The minimum absolute atomic E-state index is 0.0168. The molecule has 3 rings (SSSR count). The monoisotopic (exact) mass is 394 g/mol. The molecule has 0 unspecified atom stereocenters. The van der Waals surface area contributed by atoms with Crippen molar-refractivity contribution in [1.29, 1.82) is 0 Å². The number of benzene rings is 1. The summed E-state index contributed by atoms with van der Waals surface area (Å²) < 4.78 is 12.9. The van der Waals surface area contributed by atoms with Gasteiger partial charge in [0.05, 0.1) is 12.3 Å². The SMILES string of the molecule is CCOc1cccn2c(C(=O)CCCc3cccc(OCC(C)=O)c3)c(C)nc12. The number of fused-ring (bicyclic) bond motifs is 1. The lowest BCUT2D eigenvalue weighted by atomic mass is 10.0. The highest BCUT2D eigenvalue weighted by atomic mass is 16.5. The van der Waals surface area contributed by atoms with E-state index in [4.69, 9.17) is 9.47 Å². The van der Waals surface area contributed by atoms with Crippen molar-refractivity contribution in [2.24, 2.45) is 0 Å². The normalized spacial score (nSPS) is 10.9. The summed E-state index contributed by atoms with van der Waals surface area (Å²) >= 11 is 0. The second-order valence-corrected chi connectivity index (χ2v) is 6.96. The Balaban J connectivity index is 1.66. The zero-order valence-electron chi connectivity index (χ0n) is 17.1. The first-order valence-corrected chi connectivity index (χ1v) is 9.84. The van der Waals surface area contributed by atoms with E-state index in [1.807, 2.05) is 60.8 Å². The summed E-state index contributed by atoms with van der Waals surface area (Å²) in [7, 11) is 0. The van der Waals surface area contributed by atoms with Gasteiger partial charge < -0.3 is 9.47 Å². The summed E-state index contributed by atoms with van der Waals surface area (Å²) in [6.45, 7) is 5.88. The van der Waals surface area contributed by atoms with Crippen LogP contribution in [-0.2, 0) is 11.2 Å². The van der Waals surface area contributed by atoms with Crippen LogP contribution in [0, 0.1) is 6.92 Å². The molecule has 6 heteroatoms. The predicted octanol–water partition coefficient (Wildman–Crippen LogP) is 4.21. The molecule has 0 saturated heterocycles. The van der Waals surface area contributed by atoms with Gasteiger partial charge in [0, 0.05) is 12.6 Å². The molecule has 3 aromatic rings. The summed E-state index contributed by atoms with van der Waals surface area (Å²) in [5.74, 6) is 1.40. The molecule has 29 heavy (non-hydrogen) atoms. The van der Waals surface area contributed by atoms with Gasteiger partial charge in [-0.05, 0) is 63.4 Å². The van der Waals surface area contributed by atoms with E-state index in [9.17, 15) is 9.59 Å². The second kappa shape index (κ2) is 9.37. The van der Waals surface area contributed by atoms with Crippen molar-refractivity contribution in [3.63, 3.8) is 0 Å². The highest BCUT2D eigenvalue weighted by molar-refractivity contribution is 5.96. The lowest BCUT2D eigenvalue weighted by Gasteiger charge is -2.07. The number of aromatic nitrogens is 2. The summed E-state index contributed by atoms with van der Waals surface area (Å²) in [4.78, 5) is 28.5. The van der Waals surface area contributed by atoms with Crippen molar-refractivity contribution in [2.75, 3.05) is 13.2 Å². The van der Waals surface area contributed by atoms with E-state index in [1.54, 1.807) is 0 Å². The maximum atomic E-state index is 12.9. The van der Waals surface area contributed by atoms with Crippen LogP contribution in [0.25, 0.3) is 5.65 Å². The summed E-state index contributed by atoms with van der Waals surface area (Å²) in [5, 5.41) is 0. The first kappa shape index (κ1) is 20.6. The number of hydrogen-bond acceptors (Lipinski definition) is 5. The zero-order chi connectivity index (χ0) is 20.8. The molecule has 0 aliphatic carbocycles. The van der Waals surface area contributed by atoms with E-state index in [0.29, 0.717) is 48.0 Å². The van der Waals surface area contributed by atoms with Crippen molar-refractivity contribution in [2.45, 2.75) is 40.0 Å². The van der Waals surface area contributed by atoms with Gasteiger partial charge >= 0.3 is 0 Å². The van der Waals surface area contributed by atoms with Crippen molar-refractivity contribution >= 4 is 17.2 Å². The summed E-state index contributed by atoms with van der Waals surface area (Å²) in [6, 6.07) is 11.4. The molecule has 1 aromatic carbocycles. The molecule has 0 amide bonds. The van der Waals surface area contributed by atoms with Crippen LogP contribution in [0.2, 0.25) is 0 Å². The number of hydrogen-bond donors (Lipinski definition) is 0. The Morgan fingerprint density at radius 1 is 1.14 bits per heavy atom. The molecule has 0 spiro atoms. The van der Waals surface area contributed by atoms with Crippen molar-refractivity contribution in [1.82, 2.24) is 9.38 Å². The molecule has 0 fully saturated rings. The number of ketones is 2. The molecule has 0 aliphatic heterocycles. The Hall–Kier alpha value is -3.15. The first-order chi connectivity index (χ1) is 14.0. The topological polar surface area (TPSA) is 69.9 Å². The quantitative estimate of drug-likeness (QED) is 0.482. The maximum absolute atomic E-state index is 12.9. The van der Waals surface area contributed by atoms with Crippen LogP contribution in [0.5, 0.6) is 11.5 Å². The minimum Gasteiger partial charge on any atom is -0.490 e. The van der Waals surface area contributed by atoms with Gasteiger partial charge in [-0.3, -0.25) is 14.0 Å². The molecular formula is C23H26N2O4. The van der Waals surface area contributed by atoms with Crippen molar-refractivity contribution in [3.05, 3.63) is 59.5 Å². The number of imidazole rings is 1. The van der Waals surface area contributed by atoms with Gasteiger partial charge in [-0.1, -0.05) is 12.1 Å². The van der Waals surface area contributed by atoms with E-state index in [0.717, 1.165) is 12.0 Å². The van der Waals surface area contributed by atoms with Crippen molar-refractivity contribution < 1.29 is 19.1 Å². The van der Waals surface area contributed by atoms with Crippen LogP contribution in [0.4, 0.5) is 0 Å². The van der Waals surface area contributed by atoms with Gasteiger partial charge in [0.1, 0.15) is 18.1 Å². The van der Waals surface area contributed by atoms with Gasteiger partial charge in [-0.25, -0.2) is 4.98 Å². The average molecular weight is 394 g/mol. The number of rotatable bonds is 10. The standard InChI is InChI=1S/C23H26N2O4/c1-4-28-21-12-7-13-25-22(17(3)24-23(21)25)20(27)11-6-9-18-8-5-10-19(14-18)29-15-16(2)26/h5,7-8,10,12-14H,4,6,9,11,15H2,1-3H3. The van der Waals surface area contributed by atoms with E-state index < -0.39 is 0 Å². The Kier molecular flexibility index (Phi) is 6.65. The van der Waals surface area contributed by atoms with Gasteiger partial charge in [0.2, 0.25) is 0 Å². The molecule has 0 aliphatic rings. The first-order valence-electron chi connectivity index (χ1n) is 9.84. The van der Waals surface area contributed by atoms with Crippen LogP contribution >= 0.6 is 0 Å². The average Bonchev–Trinajstić information content (AvgIpc) is 3.04. The molecule has 2 aromatic heterocycles. The van der Waals surface area contributed by atoms with Gasteiger partial charge in [0.15, 0.2) is 23.0 Å². The summed E-state index contributed by atoms with van der Waals surface area (Å²) in [6.07, 6.45) is 3.74. The highest BCUT2D eigenvalue weighted by Gasteiger charge is 2.18. The predicted molar refractivity (Wildman–Crippen MR) is 111 cm³/mol. The molecule has 2 heterocycles. The fourth-order valence-corrected chi connectivity index (χ4v) is 3.31. The van der Waals surface area contributed by atoms with Crippen molar-refractivity contribution in [3.8, 4) is 11.5 Å². The Bertz CT molecular complexity index is 1020. The lowest BCUT2D eigenvalue weighted by Crippen LogP contribution is -2.07. The second-order valence-electron chi connectivity index (χ2n) is 6.96. The van der Waals surface area contributed by atoms with E-state index in [-0.39, 0.29) is 18.2 Å². The molecule has 152 valence electrons. The van der Waals surface area contributed by atoms with Gasteiger partial charge in [-0.15, -0.1) is 0 Å². The largest absolute Gasteiger partial charge is 0.490 e. The van der Waals surface area contributed by atoms with Crippen LogP contribution < -0.4 is 9.47 Å². The molecule has 0 saturated carbocycles. The number of pyridine rings is 1. The number of carbonyl (C=O) groups excluding carboxylic acids is 2. The van der Waals surface area contributed by atoms with Crippen LogP contribution in [-0.4, -0.2) is 34.2 Å². The van der Waals surface area contributed by atoms with E-state index in [2.05, 4.69) is 4.98 Å². The number of Topliss-reactive ketones (excluding diaryl/α,β-unsaturated/α-hetero) is 2. The lowest BCUT2D eigenvalue weighted by molar-refractivity contribution is -0.118. The fourth-order valence-electron chi connectivity index (χ4n) is 3.31. The Labute approximate surface area is 170 Å². The van der Waals surface area contributed by atoms with Gasteiger partial charge in [-0.2, -0.15) is 0 Å². The Morgan fingerprint density at radius 3 is 2.72 bits per heavy atom. The number of nitrogens with zero attached hydrogens (tertiary/aromatic N) is 2.